The lowest BCUT2D eigenvalue weighted by molar-refractivity contribution is -0.134. The molecule has 3 atom stereocenters. The predicted molar refractivity (Wildman–Crippen MR) is 136 cm³/mol. The molecule has 1 aliphatic heterocycles. The molecular weight excluding hydrogens is 501 g/mol. The van der Waals surface area contributed by atoms with Gasteiger partial charge in [-0.1, -0.05) is 35.9 Å². The lowest BCUT2D eigenvalue weighted by Crippen LogP contribution is -2.50. The molecule has 0 aliphatic carbocycles. The van der Waals surface area contributed by atoms with Crippen LogP contribution < -0.4 is 14.8 Å². The third-order valence-electron chi connectivity index (χ3n) is 5.57. The SMILES string of the molecule is C=CCOc1cc(Cl)c(Cl)cc1C(NS(=O)C(C)(C)C)C1CCN(C(=O)C(C)NC(=O)O)CC1. The van der Waals surface area contributed by atoms with Crippen molar-refractivity contribution in [3.05, 3.63) is 40.4 Å². The minimum Gasteiger partial charge on any atom is -0.489 e. The minimum absolute atomic E-state index is 0.0152. The first-order valence-electron chi connectivity index (χ1n) is 11.0. The Balaban J connectivity index is 2.32. The average molecular weight is 535 g/mol. The number of nitrogens with one attached hydrogen (secondary N) is 2. The van der Waals surface area contributed by atoms with E-state index in [1.807, 2.05) is 20.8 Å². The van der Waals surface area contributed by atoms with Gasteiger partial charge in [-0.25, -0.2) is 13.7 Å². The van der Waals surface area contributed by atoms with Gasteiger partial charge in [0.25, 0.3) is 0 Å². The van der Waals surface area contributed by atoms with Crippen molar-refractivity contribution in [2.24, 2.45) is 5.92 Å². The smallest absolute Gasteiger partial charge is 0.405 e. The van der Waals surface area contributed by atoms with Crippen LogP contribution in [-0.2, 0) is 15.8 Å². The van der Waals surface area contributed by atoms with Crippen LogP contribution in [0.2, 0.25) is 10.0 Å². The second-order valence-corrected chi connectivity index (χ2v) is 12.0. The van der Waals surface area contributed by atoms with Gasteiger partial charge in [0, 0.05) is 24.7 Å². The van der Waals surface area contributed by atoms with Crippen molar-refractivity contribution in [1.29, 1.82) is 0 Å². The number of carbonyl (C=O) groups excluding carboxylic acids is 1. The number of amides is 2. The first-order chi connectivity index (χ1) is 15.8. The quantitative estimate of drug-likeness (QED) is 0.403. The molecule has 0 saturated carbocycles. The Morgan fingerprint density at radius 1 is 1.29 bits per heavy atom. The topological polar surface area (TPSA) is 108 Å². The molecule has 11 heteroatoms. The third-order valence-corrected chi connectivity index (χ3v) is 7.87. The van der Waals surface area contributed by atoms with Crippen LogP contribution >= 0.6 is 23.2 Å². The summed E-state index contributed by atoms with van der Waals surface area (Å²) in [5.74, 6) is 0.269. The zero-order chi connectivity index (χ0) is 25.6. The Kier molecular flexibility index (Phi) is 10.2. The first-order valence-corrected chi connectivity index (χ1v) is 12.9. The van der Waals surface area contributed by atoms with Gasteiger partial charge < -0.3 is 20.1 Å². The van der Waals surface area contributed by atoms with Crippen LogP contribution in [0.5, 0.6) is 5.75 Å². The molecule has 8 nitrogen and oxygen atoms in total. The van der Waals surface area contributed by atoms with Crippen LogP contribution in [0.1, 0.15) is 52.1 Å². The van der Waals surface area contributed by atoms with Crippen LogP contribution in [0.3, 0.4) is 0 Å². The van der Waals surface area contributed by atoms with Gasteiger partial charge in [-0.3, -0.25) is 4.79 Å². The summed E-state index contributed by atoms with van der Waals surface area (Å²) in [6, 6.07) is 2.18. The van der Waals surface area contributed by atoms with Crippen molar-refractivity contribution in [3.63, 3.8) is 0 Å². The van der Waals surface area contributed by atoms with Gasteiger partial charge in [-0.15, -0.1) is 0 Å². The summed E-state index contributed by atoms with van der Waals surface area (Å²) < 4.78 is 21.7. The molecule has 0 radical (unpaired) electrons. The monoisotopic (exact) mass is 533 g/mol. The normalized spacial score (nSPS) is 17.5. The van der Waals surface area contributed by atoms with E-state index in [1.165, 1.54) is 6.92 Å². The van der Waals surface area contributed by atoms with Crippen LogP contribution in [0.15, 0.2) is 24.8 Å². The summed E-state index contributed by atoms with van der Waals surface area (Å²) >= 11 is 12.6. The number of hydrogen-bond acceptors (Lipinski definition) is 4. The molecule has 1 aromatic carbocycles. The summed E-state index contributed by atoms with van der Waals surface area (Å²) in [5.41, 5.74) is 0.736. The average Bonchev–Trinajstić information content (AvgIpc) is 2.76. The fraction of sp³-hybridized carbons (Fsp3) is 0.565. The number of rotatable bonds is 9. The van der Waals surface area contributed by atoms with Crippen LogP contribution in [-0.4, -0.2) is 56.7 Å². The number of hydrogen-bond donors (Lipinski definition) is 3. The Morgan fingerprint density at radius 3 is 2.41 bits per heavy atom. The number of carboxylic acid groups (broad SMARTS) is 1. The van der Waals surface area contributed by atoms with Crippen molar-refractivity contribution in [3.8, 4) is 5.75 Å². The largest absolute Gasteiger partial charge is 0.489 e. The molecule has 2 amide bonds. The standard InChI is InChI=1S/C23H33Cl2N3O5S/c1-6-11-33-19-13-18(25)17(24)12-16(19)20(27-34(32)23(3,4)5)15-7-9-28(10-8-15)21(29)14(2)26-22(30)31/h6,12-15,20,26-27H,1,7-11H2,2-5H3,(H,30,31). The summed E-state index contributed by atoms with van der Waals surface area (Å²) in [6.45, 7) is 12.0. The van der Waals surface area contributed by atoms with Crippen molar-refractivity contribution in [2.45, 2.75) is 57.4 Å². The Bertz CT molecular complexity index is 930. The van der Waals surface area contributed by atoms with Crippen molar-refractivity contribution < 1.29 is 23.6 Å². The number of likely N-dealkylation sites (tertiary alicyclic amines) is 1. The fourth-order valence-corrected chi connectivity index (χ4v) is 4.97. The van der Waals surface area contributed by atoms with E-state index in [0.29, 0.717) is 41.7 Å². The molecule has 1 aromatic rings. The van der Waals surface area contributed by atoms with Crippen LogP contribution in [0.25, 0.3) is 0 Å². The van der Waals surface area contributed by atoms with Gasteiger partial charge in [-0.05, 0) is 52.5 Å². The highest BCUT2D eigenvalue weighted by Crippen LogP contribution is 2.40. The zero-order valence-corrected chi connectivity index (χ0v) is 22.2. The number of ether oxygens (including phenoxy) is 1. The van der Waals surface area contributed by atoms with Crippen molar-refractivity contribution >= 4 is 46.2 Å². The van der Waals surface area contributed by atoms with Crippen LogP contribution in [0, 0.1) is 5.92 Å². The van der Waals surface area contributed by atoms with E-state index in [-0.39, 0.29) is 24.5 Å². The minimum atomic E-state index is -1.38. The Labute approximate surface area is 213 Å². The van der Waals surface area contributed by atoms with E-state index in [9.17, 15) is 13.8 Å². The molecular formula is C23H33Cl2N3O5S. The summed E-state index contributed by atoms with van der Waals surface area (Å²) in [7, 11) is -1.38. The maximum Gasteiger partial charge on any atom is 0.405 e. The van der Waals surface area contributed by atoms with Gasteiger partial charge in [-0.2, -0.15) is 0 Å². The second-order valence-electron chi connectivity index (χ2n) is 9.21. The molecule has 190 valence electrons. The van der Waals surface area contributed by atoms with Crippen molar-refractivity contribution in [2.75, 3.05) is 19.7 Å². The maximum absolute atomic E-state index is 13.1. The predicted octanol–water partition coefficient (Wildman–Crippen LogP) is 4.55. The molecule has 0 bridgehead atoms. The molecule has 3 unspecified atom stereocenters. The zero-order valence-electron chi connectivity index (χ0n) is 19.9. The molecule has 3 N–H and O–H groups in total. The van der Waals surface area contributed by atoms with E-state index in [0.717, 1.165) is 5.56 Å². The Hall–Kier alpha value is -1.81. The fourth-order valence-electron chi connectivity index (χ4n) is 3.74. The van der Waals surface area contributed by atoms with E-state index < -0.39 is 27.9 Å². The van der Waals surface area contributed by atoms with Gasteiger partial charge in [0.05, 0.1) is 31.8 Å². The molecule has 1 saturated heterocycles. The molecule has 1 fully saturated rings. The van der Waals surface area contributed by atoms with Crippen molar-refractivity contribution in [1.82, 2.24) is 14.9 Å². The van der Waals surface area contributed by atoms with Gasteiger partial charge in [0.2, 0.25) is 5.91 Å². The third kappa shape index (κ3) is 7.60. The molecule has 1 heterocycles. The molecule has 1 aliphatic rings. The summed E-state index contributed by atoms with van der Waals surface area (Å²) in [5, 5.41) is 11.8. The van der Waals surface area contributed by atoms with E-state index in [1.54, 1.807) is 23.1 Å². The van der Waals surface area contributed by atoms with E-state index in [2.05, 4.69) is 16.6 Å². The number of piperidine rings is 1. The molecule has 0 spiro atoms. The number of carbonyl (C=O) groups is 2. The highest BCUT2D eigenvalue weighted by atomic mass is 35.5. The highest BCUT2D eigenvalue weighted by molar-refractivity contribution is 7.84. The number of benzene rings is 1. The Morgan fingerprint density at radius 2 is 1.88 bits per heavy atom. The lowest BCUT2D eigenvalue weighted by atomic mass is 9.85. The van der Waals surface area contributed by atoms with Gasteiger partial charge in [0.1, 0.15) is 18.4 Å². The first kappa shape index (κ1) is 28.4. The van der Waals surface area contributed by atoms with E-state index in [4.69, 9.17) is 33.0 Å². The molecule has 0 aromatic heterocycles. The van der Waals surface area contributed by atoms with Gasteiger partial charge >= 0.3 is 6.09 Å². The van der Waals surface area contributed by atoms with E-state index >= 15 is 0 Å². The summed E-state index contributed by atoms with van der Waals surface area (Å²) in [6.07, 6.45) is 1.62. The summed E-state index contributed by atoms with van der Waals surface area (Å²) in [4.78, 5) is 25.1. The number of halogens is 2. The number of nitrogens with zero attached hydrogens (tertiary/aromatic N) is 1. The molecule has 2 rings (SSSR count). The molecule has 34 heavy (non-hydrogen) atoms. The van der Waals surface area contributed by atoms with Gasteiger partial charge in [0.15, 0.2) is 0 Å². The lowest BCUT2D eigenvalue weighted by Gasteiger charge is -2.38. The van der Waals surface area contributed by atoms with Crippen LogP contribution in [0.4, 0.5) is 4.79 Å². The maximum atomic E-state index is 13.1. The second kappa shape index (κ2) is 12.2. The highest BCUT2D eigenvalue weighted by Gasteiger charge is 2.35.